The molecule has 2 rings (SSSR count). The van der Waals surface area contributed by atoms with Crippen LogP contribution in [0, 0.1) is 0 Å². The van der Waals surface area contributed by atoms with Crippen molar-refractivity contribution in [3.63, 3.8) is 0 Å². The van der Waals surface area contributed by atoms with E-state index in [4.69, 9.17) is 28.9 Å². The van der Waals surface area contributed by atoms with Gasteiger partial charge in [0, 0.05) is 16.8 Å². The van der Waals surface area contributed by atoms with Crippen molar-refractivity contribution < 1.29 is 14.7 Å². The molecule has 2 aromatic rings. The number of hydrogen-bond acceptors (Lipinski definition) is 3. The lowest BCUT2D eigenvalue weighted by molar-refractivity contribution is -0.115. The number of carboxylic acids is 1. The van der Waals surface area contributed by atoms with Gasteiger partial charge in [-0.25, -0.2) is 4.79 Å². The molecule has 0 unspecified atom stereocenters. The smallest absolute Gasteiger partial charge is 0.335 e. The summed E-state index contributed by atoms with van der Waals surface area (Å²) in [6, 6.07) is 13.0. The van der Waals surface area contributed by atoms with Gasteiger partial charge in [0.2, 0.25) is 5.91 Å². The first-order valence-electron chi connectivity index (χ1n) is 6.83. The molecule has 0 saturated heterocycles. The van der Waals surface area contributed by atoms with Crippen LogP contribution in [0.15, 0.2) is 54.6 Å². The van der Waals surface area contributed by atoms with Crippen LogP contribution in [0.1, 0.15) is 15.9 Å². The topological polar surface area (TPSA) is 78.4 Å². The number of aromatic carboxylic acids is 1. The molecule has 122 valence electrons. The van der Waals surface area contributed by atoms with Crippen LogP contribution in [0.3, 0.4) is 0 Å². The predicted octanol–water partition coefficient (Wildman–Crippen LogP) is 3.56. The van der Waals surface area contributed by atoms with Crippen LogP contribution in [-0.2, 0) is 4.79 Å². The lowest BCUT2D eigenvalue weighted by atomic mass is 10.2. The third-order valence-corrected chi connectivity index (χ3v) is 3.38. The molecule has 1 amide bonds. The third kappa shape index (κ3) is 5.49. The fourth-order valence-electron chi connectivity index (χ4n) is 1.76. The molecule has 0 saturated carbocycles. The van der Waals surface area contributed by atoms with Gasteiger partial charge in [0.05, 0.1) is 5.56 Å². The van der Waals surface area contributed by atoms with Gasteiger partial charge in [-0.1, -0.05) is 23.7 Å². The molecule has 7 heteroatoms. The van der Waals surface area contributed by atoms with Crippen molar-refractivity contribution in [2.24, 2.45) is 0 Å². The number of benzene rings is 2. The number of carboxylic acid groups (broad SMARTS) is 1. The van der Waals surface area contributed by atoms with Crippen molar-refractivity contribution in [2.45, 2.75) is 0 Å². The lowest BCUT2D eigenvalue weighted by Gasteiger charge is -2.08. The summed E-state index contributed by atoms with van der Waals surface area (Å²) in [5.74, 6) is -1.39. The van der Waals surface area contributed by atoms with Crippen molar-refractivity contribution in [1.29, 1.82) is 0 Å². The number of amides is 1. The molecule has 0 aliphatic carbocycles. The largest absolute Gasteiger partial charge is 0.478 e. The van der Waals surface area contributed by atoms with Crippen molar-refractivity contribution in [1.82, 2.24) is 5.32 Å². The van der Waals surface area contributed by atoms with E-state index in [2.05, 4.69) is 10.6 Å². The molecular weight excluding hydrogens is 348 g/mol. The van der Waals surface area contributed by atoms with Crippen LogP contribution in [-0.4, -0.2) is 22.1 Å². The monoisotopic (exact) mass is 360 g/mol. The molecule has 24 heavy (non-hydrogen) atoms. The molecule has 0 heterocycles. The standard InChI is InChI=1S/C17H13ClN2O3S/c18-13-6-1-11(2-7-13)3-10-15(21)20-17(24)19-14-8-4-12(5-9-14)16(22)23/h1-10H,(H,22,23)(H2,19,20,21,24)/b10-3+. The van der Waals surface area contributed by atoms with Gasteiger partial charge in [0.1, 0.15) is 0 Å². The van der Waals surface area contributed by atoms with E-state index in [1.807, 2.05) is 0 Å². The van der Waals surface area contributed by atoms with E-state index in [-0.39, 0.29) is 16.6 Å². The zero-order valence-corrected chi connectivity index (χ0v) is 13.9. The second-order valence-corrected chi connectivity index (χ2v) is 5.56. The number of thiocarbonyl (C=S) groups is 1. The lowest BCUT2D eigenvalue weighted by Crippen LogP contribution is -2.32. The molecule has 0 atom stereocenters. The molecule has 0 bridgehead atoms. The summed E-state index contributed by atoms with van der Waals surface area (Å²) in [6.07, 6.45) is 2.99. The van der Waals surface area contributed by atoms with Gasteiger partial charge in [0.25, 0.3) is 0 Å². The number of halogens is 1. The Kier molecular flexibility index (Phi) is 6.06. The Morgan fingerprint density at radius 3 is 2.25 bits per heavy atom. The van der Waals surface area contributed by atoms with Gasteiger partial charge in [-0.05, 0) is 60.3 Å². The summed E-state index contributed by atoms with van der Waals surface area (Å²) in [4.78, 5) is 22.6. The molecule has 2 aromatic carbocycles. The first-order chi connectivity index (χ1) is 11.4. The highest BCUT2D eigenvalue weighted by Gasteiger charge is 2.04. The van der Waals surface area contributed by atoms with Crippen molar-refractivity contribution in [2.75, 3.05) is 5.32 Å². The van der Waals surface area contributed by atoms with Gasteiger partial charge in [0.15, 0.2) is 5.11 Å². The summed E-state index contributed by atoms with van der Waals surface area (Å²) in [6.45, 7) is 0. The zero-order valence-electron chi connectivity index (χ0n) is 12.3. The van der Waals surface area contributed by atoms with E-state index >= 15 is 0 Å². The first kappa shape index (κ1) is 17.7. The molecule has 0 aromatic heterocycles. The molecular formula is C17H13ClN2O3S. The van der Waals surface area contributed by atoms with E-state index < -0.39 is 5.97 Å². The van der Waals surface area contributed by atoms with Crippen molar-refractivity contribution in [3.05, 3.63) is 70.8 Å². The minimum atomic E-state index is -1.01. The Labute approximate surface area is 149 Å². The van der Waals surface area contributed by atoms with Gasteiger partial charge < -0.3 is 10.4 Å². The zero-order chi connectivity index (χ0) is 17.5. The Balaban J connectivity index is 1.88. The molecule has 0 aliphatic rings. The van der Waals surface area contributed by atoms with Crippen LogP contribution in [0.2, 0.25) is 5.02 Å². The Morgan fingerprint density at radius 1 is 1.04 bits per heavy atom. The highest BCUT2D eigenvalue weighted by Crippen LogP contribution is 2.11. The highest BCUT2D eigenvalue weighted by atomic mass is 35.5. The number of anilines is 1. The van der Waals surface area contributed by atoms with Crippen LogP contribution in [0.5, 0.6) is 0 Å². The molecule has 3 N–H and O–H groups in total. The van der Waals surface area contributed by atoms with E-state index in [1.54, 1.807) is 42.5 Å². The van der Waals surface area contributed by atoms with Gasteiger partial charge in [-0.15, -0.1) is 0 Å². The summed E-state index contributed by atoms with van der Waals surface area (Å²) >= 11 is 10.8. The number of rotatable bonds is 4. The maximum atomic E-state index is 11.8. The second kappa shape index (κ2) is 8.24. The van der Waals surface area contributed by atoms with Gasteiger partial charge in [-0.2, -0.15) is 0 Å². The van der Waals surface area contributed by atoms with E-state index in [0.717, 1.165) is 5.56 Å². The average molecular weight is 361 g/mol. The van der Waals surface area contributed by atoms with Crippen LogP contribution < -0.4 is 10.6 Å². The maximum Gasteiger partial charge on any atom is 0.335 e. The number of carbonyl (C=O) groups excluding carboxylic acids is 1. The minimum absolute atomic E-state index is 0.115. The Hall–Kier alpha value is -2.70. The van der Waals surface area contributed by atoms with Crippen molar-refractivity contribution in [3.8, 4) is 0 Å². The van der Waals surface area contributed by atoms with Crippen LogP contribution >= 0.6 is 23.8 Å². The fraction of sp³-hybridized carbons (Fsp3) is 0. The SMILES string of the molecule is O=C(/C=C/c1ccc(Cl)cc1)NC(=S)Nc1ccc(C(=O)O)cc1. The fourth-order valence-corrected chi connectivity index (χ4v) is 2.10. The summed E-state index contributed by atoms with van der Waals surface area (Å²) in [5.41, 5.74) is 1.58. The quantitative estimate of drug-likeness (QED) is 0.574. The number of hydrogen-bond donors (Lipinski definition) is 3. The minimum Gasteiger partial charge on any atom is -0.478 e. The maximum absolute atomic E-state index is 11.8. The van der Waals surface area contributed by atoms with Crippen LogP contribution in [0.4, 0.5) is 5.69 Å². The average Bonchev–Trinajstić information content (AvgIpc) is 2.54. The second-order valence-electron chi connectivity index (χ2n) is 4.71. The molecule has 0 radical (unpaired) electrons. The molecule has 5 nitrogen and oxygen atoms in total. The Morgan fingerprint density at radius 2 is 1.67 bits per heavy atom. The van der Waals surface area contributed by atoms with Gasteiger partial charge >= 0.3 is 5.97 Å². The third-order valence-electron chi connectivity index (χ3n) is 2.92. The summed E-state index contributed by atoms with van der Waals surface area (Å²) < 4.78 is 0. The molecule has 0 aliphatic heterocycles. The van der Waals surface area contributed by atoms with Gasteiger partial charge in [-0.3, -0.25) is 10.1 Å². The summed E-state index contributed by atoms with van der Waals surface area (Å²) in [7, 11) is 0. The predicted molar refractivity (Wildman–Crippen MR) is 98.3 cm³/mol. The van der Waals surface area contributed by atoms with E-state index in [9.17, 15) is 9.59 Å². The van der Waals surface area contributed by atoms with Crippen molar-refractivity contribution >= 4 is 52.6 Å². The number of carbonyl (C=O) groups is 2. The highest BCUT2D eigenvalue weighted by molar-refractivity contribution is 7.80. The normalized spacial score (nSPS) is 10.4. The first-order valence-corrected chi connectivity index (χ1v) is 7.61. The van der Waals surface area contributed by atoms with E-state index in [1.165, 1.54) is 18.2 Å². The molecule has 0 fully saturated rings. The van der Waals surface area contributed by atoms with Crippen LogP contribution in [0.25, 0.3) is 6.08 Å². The Bertz CT molecular complexity index is 786. The molecule has 0 spiro atoms. The number of nitrogens with one attached hydrogen (secondary N) is 2. The summed E-state index contributed by atoms with van der Waals surface area (Å²) in [5, 5.41) is 14.9. The van der Waals surface area contributed by atoms with E-state index in [0.29, 0.717) is 10.7 Å².